The summed E-state index contributed by atoms with van der Waals surface area (Å²) in [4.78, 5) is 14.9. The number of rotatable bonds is 4. The lowest BCUT2D eigenvalue weighted by Gasteiger charge is -2.23. The Morgan fingerprint density at radius 3 is 3.00 bits per heavy atom. The predicted octanol–water partition coefficient (Wildman–Crippen LogP) is 3.15. The van der Waals surface area contributed by atoms with Gasteiger partial charge in [0.05, 0.1) is 14.8 Å². The van der Waals surface area contributed by atoms with Gasteiger partial charge >= 0.3 is 0 Å². The summed E-state index contributed by atoms with van der Waals surface area (Å²) in [5, 5.41) is 0. The third-order valence-corrected chi connectivity index (χ3v) is 4.51. The van der Waals surface area contributed by atoms with E-state index in [0.717, 1.165) is 34.7 Å². The lowest BCUT2D eigenvalue weighted by atomic mass is 10.2. The topological polar surface area (TPSA) is 29.5 Å². The summed E-state index contributed by atoms with van der Waals surface area (Å²) >= 11 is 4.86. The van der Waals surface area contributed by atoms with Crippen molar-refractivity contribution in [3.8, 4) is 0 Å². The van der Waals surface area contributed by atoms with Crippen LogP contribution in [0.25, 0.3) is 0 Å². The number of amides is 1. The van der Waals surface area contributed by atoms with Gasteiger partial charge in [0.25, 0.3) is 5.91 Å². The molecule has 1 unspecified atom stereocenters. The Kier molecular flexibility index (Phi) is 4.59. The summed E-state index contributed by atoms with van der Waals surface area (Å²) < 4.78 is 6.57. The quantitative estimate of drug-likeness (QED) is 0.853. The molecule has 5 heteroatoms. The molecule has 0 N–H and O–H groups in total. The molecule has 1 aromatic rings. The van der Waals surface area contributed by atoms with Crippen molar-refractivity contribution in [2.45, 2.75) is 25.9 Å². The molecule has 1 fully saturated rings. The van der Waals surface area contributed by atoms with Crippen LogP contribution in [0.15, 0.2) is 15.9 Å². The van der Waals surface area contributed by atoms with E-state index >= 15 is 0 Å². The first-order chi connectivity index (χ1) is 8.20. The van der Waals surface area contributed by atoms with Gasteiger partial charge in [0.1, 0.15) is 0 Å². The van der Waals surface area contributed by atoms with Crippen LogP contribution in [-0.2, 0) is 4.74 Å². The second-order valence-corrected chi connectivity index (χ2v) is 6.55. The molecule has 1 amide bonds. The van der Waals surface area contributed by atoms with Gasteiger partial charge in [-0.2, -0.15) is 0 Å². The summed E-state index contributed by atoms with van der Waals surface area (Å²) in [6.45, 7) is 4.29. The molecule has 0 saturated carbocycles. The van der Waals surface area contributed by atoms with Gasteiger partial charge in [0.2, 0.25) is 0 Å². The van der Waals surface area contributed by atoms with Gasteiger partial charge in [-0.25, -0.2) is 0 Å². The van der Waals surface area contributed by atoms with Gasteiger partial charge in [-0.3, -0.25) is 4.79 Å². The molecular weight excluding hydrogens is 302 g/mol. The zero-order valence-corrected chi connectivity index (χ0v) is 12.2. The Morgan fingerprint density at radius 2 is 2.47 bits per heavy atom. The van der Waals surface area contributed by atoms with Crippen LogP contribution in [0.4, 0.5) is 0 Å². The van der Waals surface area contributed by atoms with Crippen LogP contribution in [0.1, 0.15) is 29.4 Å². The highest BCUT2D eigenvalue weighted by Crippen LogP contribution is 2.24. The number of halogens is 1. The Morgan fingerprint density at radius 1 is 1.65 bits per heavy atom. The van der Waals surface area contributed by atoms with E-state index in [1.165, 1.54) is 11.3 Å². The number of carbonyl (C=O) groups is 1. The molecule has 0 spiro atoms. The van der Waals surface area contributed by atoms with Gasteiger partial charge in [0, 0.05) is 19.7 Å². The third kappa shape index (κ3) is 3.30. The van der Waals surface area contributed by atoms with E-state index in [4.69, 9.17) is 4.74 Å². The van der Waals surface area contributed by atoms with Crippen LogP contribution in [0, 0.1) is 0 Å². The first kappa shape index (κ1) is 13.1. The van der Waals surface area contributed by atoms with E-state index in [1.54, 1.807) is 0 Å². The highest BCUT2D eigenvalue weighted by atomic mass is 79.9. The molecule has 0 radical (unpaired) electrons. The molecule has 94 valence electrons. The van der Waals surface area contributed by atoms with E-state index in [1.807, 2.05) is 24.0 Å². The van der Waals surface area contributed by atoms with Crippen LogP contribution in [0.2, 0.25) is 0 Å². The smallest absolute Gasteiger partial charge is 0.264 e. The largest absolute Gasteiger partial charge is 0.376 e. The first-order valence-electron chi connectivity index (χ1n) is 5.87. The SMILES string of the molecule is CCN(CC1CCCO1)C(=O)c1ccc(Br)s1. The predicted molar refractivity (Wildman–Crippen MR) is 72.6 cm³/mol. The molecule has 1 aliphatic heterocycles. The lowest BCUT2D eigenvalue weighted by molar-refractivity contribution is 0.0543. The number of ether oxygens (including phenoxy) is 1. The summed E-state index contributed by atoms with van der Waals surface area (Å²) in [5.41, 5.74) is 0. The third-order valence-electron chi connectivity index (χ3n) is 2.90. The second-order valence-electron chi connectivity index (χ2n) is 4.08. The van der Waals surface area contributed by atoms with E-state index in [-0.39, 0.29) is 12.0 Å². The Hall–Kier alpha value is -0.390. The summed E-state index contributed by atoms with van der Waals surface area (Å²) in [6.07, 6.45) is 2.40. The minimum atomic E-state index is 0.110. The van der Waals surface area contributed by atoms with Crippen molar-refractivity contribution in [1.82, 2.24) is 4.90 Å². The van der Waals surface area contributed by atoms with Crippen molar-refractivity contribution >= 4 is 33.2 Å². The molecule has 1 aliphatic rings. The lowest BCUT2D eigenvalue weighted by Crippen LogP contribution is -2.36. The standard InChI is InChI=1S/C12H16BrNO2S/c1-2-14(8-9-4-3-7-16-9)12(15)10-5-6-11(13)17-10/h5-6,9H,2-4,7-8H2,1H3. The average molecular weight is 318 g/mol. The van der Waals surface area contributed by atoms with Crippen molar-refractivity contribution in [3.63, 3.8) is 0 Å². The van der Waals surface area contributed by atoms with Crippen LogP contribution in [0.3, 0.4) is 0 Å². The van der Waals surface area contributed by atoms with Crippen molar-refractivity contribution in [2.75, 3.05) is 19.7 Å². The molecule has 1 atom stereocenters. The number of hydrogen-bond donors (Lipinski definition) is 0. The monoisotopic (exact) mass is 317 g/mol. The molecule has 1 saturated heterocycles. The van der Waals surface area contributed by atoms with Crippen LogP contribution < -0.4 is 0 Å². The summed E-state index contributed by atoms with van der Waals surface area (Å²) in [5.74, 6) is 0.110. The van der Waals surface area contributed by atoms with Crippen molar-refractivity contribution < 1.29 is 9.53 Å². The average Bonchev–Trinajstić information content (AvgIpc) is 2.96. The van der Waals surface area contributed by atoms with Gasteiger partial charge in [-0.05, 0) is 47.8 Å². The van der Waals surface area contributed by atoms with Gasteiger partial charge < -0.3 is 9.64 Å². The molecule has 2 heterocycles. The molecule has 0 aromatic carbocycles. The maximum Gasteiger partial charge on any atom is 0.264 e. The highest BCUT2D eigenvalue weighted by molar-refractivity contribution is 9.11. The van der Waals surface area contributed by atoms with Crippen molar-refractivity contribution in [2.24, 2.45) is 0 Å². The summed E-state index contributed by atoms with van der Waals surface area (Å²) in [6, 6.07) is 3.78. The van der Waals surface area contributed by atoms with Crippen LogP contribution in [0.5, 0.6) is 0 Å². The maximum atomic E-state index is 12.2. The number of thiophene rings is 1. The van der Waals surface area contributed by atoms with E-state index in [9.17, 15) is 4.79 Å². The number of carbonyl (C=O) groups excluding carboxylic acids is 1. The van der Waals surface area contributed by atoms with Gasteiger partial charge in [-0.1, -0.05) is 0 Å². The molecule has 0 bridgehead atoms. The number of hydrogen-bond acceptors (Lipinski definition) is 3. The zero-order valence-electron chi connectivity index (χ0n) is 9.82. The molecular formula is C12H16BrNO2S. The maximum absolute atomic E-state index is 12.2. The molecule has 2 rings (SSSR count). The van der Waals surface area contributed by atoms with E-state index < -0.39 is 0 Å². The van der Waals surface area contributed by atoms with Crippen LogP contribution in [-0.4, -0.2) is 36.6 Å². The first-order valence-corrected chi connectivity index (χ1v) is 7.48. The Bertz CT molecular complexity index is 388. The Balaban J connectivity index is 1.99. The van der Waals surface area contributed by atoms with Crippen LogP contribution >= 0.6 is 27.3 Å². The Labute approximate surface area is 114 Å². The minimum absolute atomic E-state index is 0.110. The fourth-order valence-electron chi connectivity index (χ4n) is 1.97. The van der Waals surface area contributed by atoms with Crippen molar-refractivity contribution in [3.05, 3.63) is 20.8 Å². The fraction of sp³-hybridized carbons (Fsp3) is 0.583. The van der Waals surface area contributed by atoms with Gasteiger partial charge in [-0.15, -0.1) is 11.3 Å². The highest BCUT2D eigenvalue weighted by Gasteiger charge is 2.23. The number of nitrogens with zero attached hydrogens (tertiary/aromatic N) is 1. The van der Waals surface area contributed by atoms with E-state index in [2.05, 4.69) is 15.9 Å². The minimum Gasteiger partial charge on any atom is -0.376 e. The zero-order chi connectivity index (χ0) is 12.3. The molecule has 3 nitrogen and oxygen atoms in total. The second kappa shape index (κ2) is 5.98. The van der Waals surface area contributed by atoms with Crippen molar-refractivity contribution in [1.29, 1.82) is 0 Å². The summed E-state index contributed by atoms with van der Waals surface area (Å²) in [7, 11) is 0. The van der Waals surface area contributed by atoms with E-state index in [0.29, 0.717) is 6.54 Å². The molecule has 1 aromatic heterocycles. The molecule has 17 heavy (non-hydrogen) atoms. The van der Waals surface area contributed by atoms with Gasteiger partial charge in [0.15, 0.2) is 0 Å². The normalized spacial score (nSPS) is 19.5. The number of likely N-dealkylation sites (N-methyl/N-ethyl adjacent to an activating group) is 1. The molecule has 0 aliphatic carbocycles. The fourth-order valence-corrected chi connectivity index (χ4v) is 3.33.